The van der Waals surface area contributed by atoms with Crippen molar-refractivity contribution in [3.63, 3.8) is 0 Å². The molecule has 1 aromatic heterocycles. The van der Waals surface area contributed by atoms with Gasteiger partial charge in [-0.15, -0.1) is 11.8 Å². The van der Waals surface area contributed by atoms with Gasteiger partial charge in [0, 0.05) is 16.8 Å². The third-order valence-electron chi connectivity index (χ3n) is 2.26. The standard InChI is InChI=1S/C12H12ClN3OS/c1-18-11-4-2-3-10(5-11)15-12(17)8-16-7-9(13)6-14-16/h2-7H,8H2,1H3,(H,15,17). The highest BCUT2D eigenvalue weighted by Crippen LogP contribution is 2.18. The van der Waals surface area contributed by atoms with Gasteiger partial charge in [-0.05, 0) is 24.5 Å². The molecule has 0 fully saturated rings. The molecule has 0 unspecified atom stereocenters. The van der Waals surface area contributed by atoms with Crippen LogP contribution in [0.25, 0.3) is 0 Å². The van der Waals surface area contributed by atoms with Gasteiger partial charge in [-0.1, -0.05) is 17.7 Å². The second kappa shape index (κ2) is 5.93. The maximum atomic E-state index is 11.8. The molecule has 1 amide bonds. The molecule has 0 bridgehead atoms. The lowest BCUT2D eigenvalue weighted by molar-refractivity contribution is -0.116. The van der Waals surface area contributed by atoms with Crippen molar-refractivity contribution in [2.24, 2.45) is 0 Å². The molecule has 6 heteroatoms. The van der Waals surface area contributed by atoms with E-state index in [0.717, 1.165) is 10.6 Å². The first-order valence-electron chi connectivity index (χ1n) is 5.29. The largest absolute Gasteiger partial charge is 0.324 e. The number of hydrogen-bond acceptors (Lipinski definition) is 3. The number of halogens is 1. The molecule has 1 N–H and O–H groups in total. The van der Waals surface area contributed by atoms with Gasteiger partial charge in [0.1, 0.15) is 6.54 Å². The molecule has 0 saturated heterocycles. The zero-order chi connectivity index (χ0) is 13.0. The third-order valence-corrected chi connectivity index (χ3v) is 3.18. The topological polar surface area (TPSA) is 46.9 Å². The van der Waals surface area contributed by atoms with Crippen molar-refractivity contribution in [2.75, 3.05) is 11.6 Å². The molecule has 1 heterocycles. The number of amides is 1. The maximum Gasteiger partial charge on any atom is 0.246 e. The van der Waals surface area contributed by atoms with Crippen molar-refractivity contribution in [1.29, 1.82) is 0 Å². The summed E-state index contributed by atoms with van der Waals surface area (Å²) in [5.74, 6) is -0.131. The van der Waals surface area contributed by atoms with Gasteiger partial charge in [0.2, 0.25) is 5.91 Å². The van der Waals surface area contributed by atoms with Crippen LogP contribution in [-0.4, -0.2) is 21.9 Å². The Bertz CT molecular complexity index is 556. The summed E-state index contributed by atoms with van der Waals surface area (Å²) in [7, 11) is 0. The molecule has 0 saturated carbocycles. The quantitative estimate of drug-likeness (QED) is 0.877. The van der Waals surface area contributed by atoms with Gasteiger partial charge in [-0.25, -0.2) is 0 Å². The lowest BCUT2D eigenvalue weighted by Gasteiger charge is -2.06. The molecule has 18 heavy (non-hydrogen) atoms. The van der Waals surface area contributed by atoms with Crippen molar-refractivity contribution < 1.29 is 4.79 Å². The Hall–Kier alpha value is -1.46. The van der Waals surface area contributed by atoms with Crippen molar-refractivity contribution in [1.82, 2.24) is 9.78 Å². The van der Waals surface area contributed by atoms with E-state index in [0.29, 0.717) is 5.02 Å². The summed E-state index contributed by atoms with van der Waals surface area (Å²) in [5.41, 5.74) is 0.783. The van der Waals surface area contributed by atoms with Gasteiger partial charge in [0.25, 0.3) is 0 Å². The number of anilines is 1. The monoisotopic (exact) mass is 281 g/mol. The predicted molar refractivity (Wildman–Crippen MR) is 74.1 cm³/mol. The number of aromatic nitrogens is 2. The Labute approximate surface area is 114 Å². The zero-order valence-electron chi connectivity index (χ0n) is 9.76. The average molecular weight is 282 g/mol. The summed E-state index contributed by atoms with van der Waals surface area (Å²) < 4.78 is 1.50. The molecule has 0 aliphatic carbocycles. The van der Waals surface area contributed by atoms with Gasteiger partial charge < -0.3 is 5.32 Å². The minimum atomic E-state index is -0.131. The average Bonchev–Trinajstić information content (AvgIpc) is 2.74. The van der Waals surface area contributed by atoms with E-state index in [1.807, 2.05) is 30.5 Å². The number of thioether (sulfide) groups is 1. The summed E-state index contributed by atoms with van der Waals surface area (Å²) in [6.07, 6.45) is 5.11. The molecule has 0 spiro atoms. The van der Waals surface area contributed by atoms with Crippen LogP contribution in [0.1, 0.15) is 0 Å². The number of nitrogens with one attached hydrogen (secondary N) is 1. The molecule has 0 aliphatic rings. The fraction of sp³-hybridized carbons (Fsp3) is 0.167. The molecule has 0 aliphatic heterocycles. The Balaban J connectivity index is 1.98. The van der Waals surface area contributed by atoms with Gasteiger partial charge in [-0.3, -0.25) is 9.48 Å². The smallest absolute Gasteiger partial charge is 0.246 e. The molecule has 2 aromatic rings. The number of carbonyl (C=O) groups excluding carboxylic acids is 1. The van der Waals surface area contributed by atoms with E-state index < -0.39 is 0 Å². The van der Waals surface area contributed by atoms with Crippen LogP contribution >= 0.6 is 23.4 Å². The molecule has 94 valence electrons. The minimum absolute atomic E-state index is 0.131. The van der Waals surface area contributed by atoms with E-state index in [1.165, 1.54) is 10.9 Å². The van der Waals surface area contributed by atoms with E-state index in [2.05, 4.69) is 10.4 Å². The Morgan fingerprint density at radius 3 is 3.06 bits per heavy atom. The number of hydrogen-bond donors (Lipinski definition) is 1. The first-order chi connectivity index (χ1) is 8.67. The minimum Gasteiger partial charge on any atom is -0.324 e. The van der Waals surface area contributed by atoms with Crippen LogP contribution in [0.15, 0.2) is 41.6 Å². The maximum absolute atomic E-state index is 11.8. The van der Waals surface area contributed by atoms with Crippen molar-refractivity contribution in [3.8, 4) is 0 Å². The fourth-order valence-electron chi connectivity index (χ4n) is 1.47. The normalized spacial score (nSPS) is 10.3. The van der Waals surface area contributed by atoms with Crippen LogP contribution in [0.5, 0.6) is 0 Å². The Kier molecular flexibility index (Phi) is 4.28. The predicted octanol–water partition coefficient (Wildman–Crippen LogP) is 2.90. The van der Waals surface area contributed by atoms with Crippen molar-refractivity contribution in [2.45, 2.75) is 11.4 Å². The second-order valence-electron chi connectivity index (χ2n) is 3.64. The highest BCUT2D eigenvalue weighted by Gasteiger charge is 2.05. The van der Waals surface area contributed by atoms with E-state index in [1.54, 1.807) is 18.0 Å². The summed E-state index contributed by atoms with van der Waals surface area (Å²) in [5, 5.41) is 7.29. The number of rotatable bonds is 4. The van der Waals surface area contributed by atoms with Crippen LogP contribution in [-0.2, 0) is 11.3 Å². The van der Waals surface area contributed by atoms with Crippen LogP contribution < -0.4 is 5.32 Å². The molecular weight excluding hydrogens is 270 g/mol. The Morgan fingerprint density at radius 2 is 2.39 bits per heavy atom. The second-order valence-corrected chi connectivity index (χ2v) is 4.95. The molecule has 2 rings (SSSR count). The fourth-order valence-corrected chi connectivity index (χ4v) is 2.09. The number of nitrogens with zero attached hydrogens (tertiary/aromatic N) is 2. The van der Waals surface area contributed by atoms with Crippen LogP contribution in [0.3, 0.4) is 0 Å². The highest BCUT2D eigenvalue weighted by molar-refractivity contribution is 7.98. The summed E-state index contributed by atoms with van der Waals surface area (Å²) in [4.78, 5) is 12.9. The number of benzene rings is 1. The molecule has 4 nitrogen and oxygen atoms in total. The molecular formula is C12H12ClN3OS. The molecule has 1 aromatic carbocycles. The van der Waals surface area contributed by atoms with E-state index in [4.69, 9.17) is 11.6 Å². The van der Waals surface area contributed by atoms with Gasteiger partial charge in [0.15, 0.2) is 0 Å². The van der Waals surface area contributed by atoms with E-state index in [-0.39, 0.29) is 12.5 Å². The van der Waals surface area contributed by atoms with Crippen LogP contribution in [0.2, 0.25) is 5.02 Å². The summed E-state index contributed by atoms with van der Waals surface area (Å²) in [6.45, 7) is 0.149. The van der Waals surface area contributed by atoms with Crippen molar-refractivity contribution >= 4 is 35.0 Å². The van der Waals surface area contributed by atoms with E-state index >= 15 is 0 Å². The van der Waals surface area contributed by atoms with Crippen molar-refractivity contribution in [3.05, 3.63) is 41.7 Å². The highest BCUT2D eigenvalue weighted by atomic mass is 35.5. The van der Waals surface area contributed by atoms with Gasteiger partial charge in [-0.2, -0.15) is 5.10 Å². The van der Waals surface area contributed by atoms with E-state index in [9.17, 15) is 4.79 Å². The summed E-state index contributed by atoms with van der Waals surface area (Å²) >= 11 is 7.36. The first-order valence-corrected chi connectivity index (χ1v) is 6.89. The lowest BCUT2D eigenvalue weighted by atomic mass is 10.3. The molecule has 0 radical (unpaired) electrons. The van der Waals surface area contributed by atoms with Gasteiger partial charge >= 0.3 is 0 Å². The number of carbonyl (C=O) groups is 1. The SMILES string of the molecule is CSc1cccc(NC(=O)Cn2cc(Cl)cn2)c1. The third kappa shape index (κ3) is 3.51. The summed E-state index contributed by atoms with van der Waals surface area (Å²) in [6, 6.07) is 7.69. The molecule has 0 atom stereocenters. The van der Waals surface area contributed by atoms with Crippen LogP contribution in [0, 0.1) is 0 Å². The van der Waals surface area contributed by atoms with Gasteiger partial charge in [0.05, 0.1) is 11.2 Å². The lowest BCUT2D eigenvalue weighted by Crippen LogP contribution is -2.18. The zero-order valence-corrected chi connectivity index (χ0v) is 11.3. The first kappa shape index (κ1) is 13.0. The Morgan fingerprint density at radius 1 is 1.56 bits per heavy atom. The van der Waals surface area contributed by atoms with Crippen LogP contribution in [0.4, 0.5) is 5.69 Å².